The van der Waals surface area contributed by atoms with Crippen molar-refractivity contribution < 1.29 is 27.6 Å². The molecule has 2 fully saturated rings. The van der Waals surface area contributed by atoms with E-state index in [9.17, 15) is 27.6 Å². The van der Waals surface area contributed by atoms with Crippen LogP contribution in [0.2, 0.25) is 5.02 Å². The number of alkyl halides is 3. The number of hydrogen-bond donors (Lipinski definition) is 2. The zero-order valence-electron chi connectivity index (χ0n) is 23.7. The molecule has 2 aromatic heterocycles. The van der Waals surface area contributed by atoms with Gasteiger partial charge in [0.05, 0.1) is 34.1 Å². The highest BCUT2D eigenvalue weighted by molar-refractivity contribution is 6.34. The topological polar surface area (TPSA) is 131 Å². The van der Waals surface area contributed by atoms with Gasteiger partial charge in [-0.1, -0.05) is 18.0 Å². The Morgan fingerprint density at radius 2 is 1.81 bits per heavy atom. The van der Waals surface area contributed by atoms with Gasteiger partial charge in [0, 0.05) is 51.7 Å². The molecule has 43 heavy (non-hydrogen) atoms. The molecule has 0 radical (unpaired) electrons. The minimum absolute atomic E-state index is 0.0963. The van der Waals surface area contributed by atoms with Gasteiger partial charge in [0.1, 0.15) is 0 Å². The van der Waals surface area contributed by atoms with Gasteiger partial charge in [-0.15, -0.1) is 0 Å². The normalized spacial score (nSPS) is 16.6. The van der Waals surface area contributed by atoms with Crippen LogP contribution in [0.3, 0.4) is 0 Å². The summed E-state index contributed by atoms with van der Waals surface area (Å²) in [5.74, 6) is -0.983. The molecule has 0 unspecified atom stereocenters. The fourth-order valence-electron chi connectivity index (χ4n) is 5.26. The Kier molecular flexibility index (Phi) is 8.52. The van der Waals surface area contributed by atoms with Gasteiger partial charge in [0.15, 0.2) is 11.5 Å². The maximum atomic E-state index is 13.8. The molecule has 1 aromatic carbocycles. The molecule has 1 saturated carbocycles. The Morgan fingerprint density at radius 1 is 1.14 bits per heavy atom. The number of rotatable bonds is 7. The van der Waals surface area contributed by atoms with Gasteiger partial charge in [0.25, 0.3) is 11.8 Å². The van der Waals surface area contributed by atoms with Gasteiger partial charge in [-0.2, -0.15) is 18.3 Å². The highest BCUT2D eigenvalue weighted by Gasteiger charge is 2.39. The molecule has 3 amide bonds. The number of imidazole rings is 1. The molecule has 1 atom stereocenters. The maximum absolute atomic E-state index is 13.8. The van der Waals surface area contributed by atoms with Crippen LogP contribution in [0.25, 0.3) is 11.3 Å². The van der Waals surface area contributed by atoms with Crippen LogP contribution in [0, 0.1) is 5.92 Å². The van der Waals surface area contributed by atoms with Crippen molar-refractivity contribution >= 4 is 35.0 Å². The molecule has 1 aliphatic carbocycles. The number of hydrogen-bond acceptors (Lipinski definition) is 6. The SMILES string of the molecule is C[C@H](N)C(=O)N1CCN(C(=O)c2ccc(NC(=O)c3ncc(-c4cn(CC5CCC5)nc4C(F)(F)F)n3C)cc2Cl)CC1. The standard InChI is InChI=1S/C28H32ClF3N8O3/c1-16(33)26(42)38-8-10-39(11-9-38)27(43)19-7-6-18(12-21(19)29)35-25(41)24-34-13-22(37(24)2)20-15-40(14-17-4-3-5-17)36-23(20)28(30,31)32/h6-7,12-13,15-17H,3-5,8-11,14,33H2,1-2H3,(H,35,41)/t16-/m0/s1. The monoisotopic (exact) mass is 620 g/mol. The molecule has 3 aromatic rings. The maximum Gasteiger partial charge on any atom is 0.435 e. The first-order valence-electron chi connectivity index (χ1n) is 13.9. The van der Waals surface area contributed by atoms with Gasteiger partial charge >= 0.3 is 6.18 Å². The largest absolute Gasteiger partial charge is 0.435 e. The van der Waals surface area contributed by atoms with Crippen LogP contribution in [0.15, 0.2) is 30.6 Å². The van der Waals surface area contributed by atoms with E-state index >= 15 is 0 Å². The van der Waals surface area contributed by atoms with E-state index in [2.05, 4.69) is 15.4 Å². The van der Waals surface area contributed by atoms with Crippen molar-refractivity contribution in [2.45, 2.75) is 44.9 Å². The molecule has 2 aliphatic rings. The molecule has 0 bridgehead atoms. The fraction of sp³-hybridized carbons (Fsp3) is 0.464. The van der Waals surface area contributed by atoms with Crippen LogP contribution in [-0.4, -0.2) is 79.1 Å². The molecule has 11 nitrogen and oxygen atoms in total. The molecule has 5 rings (SSSR count). The quantitative estimate of drug-likeness (QED) is 0.415. The zero-order chi connectivity index (χ0) is 31.1. The van der Waals surface area contributed by atoms with Crippen molar-refractivity contribution in [1.29, 1.82) is 0 Å². The Bertz CT molecular complexity index is 1540. The summed E-state index contributed by atoms with van der Waals surface area (Å²) >= 11 is 6.41. The number of nitrogens with one attached hydrogen (secondary N) is 1. The summed E-state index contributed by atoms with van der Waals surface area (Å²) in [6, 6.07) is 3.78. The van der Waals surface area contributed by atoms with Gasteiger partial charge in [0.2, 0.25) is 5.91 Å². The Morgan fingerprint density at radius 3 is 2.40 bits per heavy atom. The lowest BCUT2D eigenvalue weighted by atomic mass is 9.85. The molecule has 3 heterocycles. The number of benzene rings is 1. The smallest absolute Gasteiger partial charge is 0.338 e. The predicted octanol–water partition coefficient (Wildman–Crippen LogP) is 3.64. The summed E-state index contributed by atoms with van der Waals surface area (Å²) in [5, 5.41) is 6.55. The Labute approximate surface area is 250 Å². The minimum atomic E-state index is -4.68. The highest BCUT2D eigenvalue weighted by atomic mass is 35.5. The lowest BCUT2D eigenvalue weighted by molar-refractivity contribution is -0.141. The molecule has 1 saturated heterocycles. The molecule has 0 spiro atoms. The second-order valence-electron chi connectivity index (χ2n) is 11.0. The van der Waals surface area contributed by atoms with Crippen LogP contribution in [0.4, 0.5) is 18.9 Å². The van der Waals surface area contributed by atoms with Crippen molar-refractivity contribution in [2.24, 2.45) is 18.7 Å². The van der Waals surface area contributed by atoms with Crippen molar-refractivity contribution in [3.8, 4) is 11.3 Å². The lowest BCUT2D eigenvalue weighted by Gasteiger charge is -2.35. The predicted molar refractivity (Wildman–Crippen MR) is 152 cm³/mol. The summed E-state index contributed by atoms with van der Waals surface area (Å²) in [6.07, 6.45) is 0.859. The van der Waals surface area contributed by atoms with Crippen LogP contribution in [-0.2, 0) is 24.6 Å². The van der Waals surface area contributed by atoms with Crippen LogP contribution < -0.4 is 11.1 Å². The van der Waals surface area contributed by atoms with Gasteiger partial charge in [-0.3, -0.25) is 19.1 Å². The van der Waals surface area contributed by atoms with E-state index in [0.29, 0.717) is 38.6 Å². The molecule has 15 heteroatoms. The molecule has 3 N–H and O–H groups in total. The average Bonchev–Trinajstić information content (AvgIpc) is 3.53. The average molecular weight is 621 g/mol. The lowest BCUT2D eigenvalue weighted by Crippen LogP contribution is -2.53. The van der Waals surface area contributed by atoms with E-state index in [0.717, 1.165) is 19.3 Å². The Hall–Kier alpha value is -3.91. The molecule has 230 valence electrons. The zero-order valence-corrected chi connectivity index (χ0v) is 24.5. The van der Waals surface area contributed by atoms with Crippen molar-refractivity contribution in [3.05, 3.63) is 52.7 Å². The first-order chi connectivity index (χ1) is 20.3. The summed E-state index contributed by atoms with van der Waals surface area (Å²) in [4.78, 5) is 45.5. The fourth-order valence-corrected chi connectivity index (χ4v) is 5.53. The third-order valence-corrected chi connectivity index (χ3v) is 8.21. The number of amides is 3. The number of carbonyl (C=O) groups is 3. The van der Waals surface area contributed by atoms with Crippen LogP contribution in [0.5, 0.6) is 0 Å². The Balaban J connectivity index is 1.28. The number of anilines is 1. The number of halogens is 4. The molecule has 1 aliphatic heterocycles. The van der Waals surface area contributed by atoms with E-state index in [1.165, 1.54) is 46.9 Å². The summed E-state index contributed by atoms with van der Waals surface area (Å²) < 4.78 is 44.1. The first-order valence-corrected chi connectivity index (χ1v) is 14.3. The van der Waals surface area contributed by atoms with Crippen LogP contribution in [0.1, 0.15) is 52.9 Å². The van der Waals surface area contributed by atoms with E-state index in [-0.39, 0.29) is 45.2 Å². The number of piperazine rings is 1. The van der Waals surface area contributed by atoms with Crippen LogP contribution >= 0.6 is 11.6 Å². The number of nitrogens with two attached hydrogens (primary N) is 1. The van der Waals surface area contributed by atoms with Gasteiger partial charge in [-0.05, 0) is 43.9 Å². The highest BCUT2D eigenvalue weighted by Crippen LogP contribution is 2.37. The second-order valence-corrected chi connectivity index (χ2v) is 11.4. The minimum Gasteiger partial charge on any atom is -0.338 e. The van der Waals surface area contributed by atoms with Crippen molar-refractivity contribution in [3.63, 3.8) is 0 Å². The summed E-state index contributed by atoms with van der Waals surface area (Å²) in [6.45, 7) is 3.37. The van der Waals surface area contributed by atoms with Gasteiger partial charge in [-0.25, -0.2) is 4.98 Å². The summed E-state index contributed by atoms with van der Waals surface area (Å²) in [5.41, 5.74) is 5.07. The van der Waals surface area contributed by atoms with Crippen molar-refractivity contribution in [2.75, 3.05) is 31.5 Å². The molecular formula is C28H32ClF3N8O3. The van der Waals surface area contributed by atoms with Crippen molar-refractivity contribution in [1.82, 2.24) is 29.1 Å². The number of nitrogens with zero attached hydrogens (tertiary/aromatic N) is 6. The van der Waals surface area contributed by atoms with Gasteiger partial charge < -0.3 is 25.4 Å². The van der Waals surface area contributed by atoms with E-state index < -0.39 is 23.8 Å². The molecular weight excluding hydrogens is 589 g/mol. The third-order valence-electron chi connectivity index (χ3n) is 7.89. The first kappa shape index (κ1) is 30.5. The van der Waals surface area contributed by atoms with E-state index in [1.54, 1.807) is 16.7 Å². The number of carbonyl (C=O) groups excluding carboxylic acids is 3. The number of aromatic nitrogens is 4. The third kappa shape index (κ3) is 6.39. The van der Waals surface area contributed by atoms with E-state index in [4.69, 9.17) is 17.3 Å². The second kappa shape index (κ2) is 12.0. The summed E-state index contributed by atoms with van der Waals surface area (Å²) in [7, 11) is 1.46. The van der Waals surface area contributed by atoms with E-state index in [1.807, 2.05) is 0 Å².